The molecule has 2 aromatic carbocycles. The minimum absolute atomic E-state index is 0.128. The van der Waals surface area contributed by atoms with Crippen LogP contribution in [-0.2, 0) is 12.7 Å². The number of likely N-dealkylation sites (N-methyl/N-ethyl adjacent to an activating group) is 1. The van der Waals surface area contributed by atoms with E-state index in [0.29, 0.717) is 42.8 Å². The molecule has 0 radical (unpaired) electrons. The van der Waals surface area contributed by atoms with Gasteiger partial charge in [0, 0.05) is 19.3 Å². The summed E-state index contributed by atoms with van der Waals surface area (Å²) in [4.78, 5) is 8.77. The van der Waals surface area contributed by atoms with E-state index >= 15 is 0 Å². The number of nitrogens with one attached hydrogen (secondary N) is 3. The molecule has 0 aromatic heterocycles. The second-order valence-corrected chi connectivity index (χ2v) is 8.95. The van der Waals surface area contributed by atoms with Gasteiger partial charge in [-0.1, -0.05) is 44.2 Å². The topological polar surface area (TPSA) is 66.8 Å². The molecule has 2 aliphatic rings. The third kappa shape index (κ3) is 5.03. The van der Waals surface area contributed by atoms with Gasteiger partial charge in [0.15, 0.2) is 0 Å². The lowest BCUT2D eigenvalue weighted by Gasteiger charge is -2.36. The number of hydrogen-bond acceptors (Lipinski definition) is 5. The minimum atomic E-state index is -4.36. The molecule has 34 heavy (non-hydrogen) atoms. The van der Waals surface area contributed by atoms with Crippen molar-refractivity contribution < 1.29 is 13.2 Å². The number of alkyl halides is 3. The average molecular weight is 471 g/mol. The summed E-state index contributed by atoms with van der Waals surface area (Å²) in [5, 5.41) is 15.6. The van der Waals surface area contributed by atoms with Crippen LogP contribution in [0, 0.1) is 11.3 Å². The van der Waals surface area contributed by atoms with Crippen LogP contribution in [0.15, 0.2) is 71.0 Å². The van der Waals surface area contributed by atoms with Gasteiger partial charge in [-0.05, 0) is 35.7 Å². The van der Waals surface area contributed by atoms with Crippen LogP contribution in [0.25, 0.3) is 0 Å². The standard InChI is InChI=1S/C25H29F3N6/c1-16(2)21-15-34-22(29)20(14-33(3)24(34)32-21)23(31-19-7-5-4-6-8-19)30-13-17-9-11-18(12-10-17)25(26,27)28/h4-12,16,21,29-31H,13-15H2,1-3H3/b23-20+,29-22?. The Balaban J connectivity index is 1.61. The van der Waals surface area contributed by atoms with Crippen molar-refractivity contribution in [3.63, 3.8) is 0 Å². The Bertz CT molecular complexity index is 1090. The molecule has 1 atom stereocenters. The van der Waals surface area contributed by atoms with Gasteiger partial charge in [-0.2, -0.15) is 13.2 Å². The van der Waals surface area contributed by atoms with Crippen molar-refractivity contribution in [3.8, 4) is 0 Å². The van der Waals surface area contributed by atoms with Gasteiger partial charge in [-0.15, -0.1) is 0 Å². The van der Waals surface area contributed by atoms with Crippen LogP contribution in [0.4, 0.5) is 18.9 Å². The molecule has 0 amide bonds. The minimum Gasteiger partial charge on any atom is -0.367 e. The molecule has 180 valence electrons. The van der Waals surface area contributed by atoms with Crippen LogP contribution in [0.1, 0.15) is 25.0 Å². The van der Waals surface area contributed by atoms with Crippen LogP contribution in [-0.4, -0.2) is 47.8 Å². The molecular weight excluding hydrogens is 441 g/mol. The largest absolute Gasteiger partial charge is 0.416 e. The van der Waals surface area contributed by atoms with E-state index in [9.17, 15) is 13.2 Å². The summed E-state index contributed by atoms with van der Waals surface area (Å²) in [7, 11) is 1.96. The molecule has 2 heterocycles. The van der Waals surface area contributed by atoms with Gasteiger partial charge >= 0.3 is 6.18 Å². The number of nitrogens with zero attached hydrogens (tertiary/aromatic N) is 3. The zero-order valence-corrected chi connectivity index (χ0v) is 19.4. The van der Waals surface area contributed by atoms with Gasteiger partial charge in [0.25, 0.3) is 0 Å². The SMILES string of the molecule is CC(C)C1CN2C(=N)/C(=C(\NCc3ccc(C(F)(F)F)cc3)Nc3ccccc3)CN(C)C2=N1. The van der Waals surface area contributed by atoms with Gasteiger partial charge in [0.2, 0.25) is 5.96 Å². The number of amidine groups is 1. The maximum Gasteiger partial charge on any atom is 0.416 e. The molecule has 6 nitrogen and oxygen atoms in total. The van der Waals surface area contributed by atoms with Crippen molar-refractivity contribution >= 4 is 17.5 Å². The maximum absolute atomic E-state index is 12.9. The van der Waals surface area contributed by atoms with Crippen LogP contribution in [0.5, 0.6) is 0 Å². The van der Waals surface area contributed by atoms with E-state index in [-0.39, 0.29) is 6.04 Å². The van der Waals surface area contributed by atoms with E-state index in [0.717, 1.165) is 29.4 Å². The first kappa shape index (κ1) is 23.7. The quantitative estimate of drug-likeness (QED) is 0.571. The lowest BCUT2D eigenvalue weighted by atomic mass is 10.1. The predicted molar refractivity (Wildman–Crippen MR) is 128 cm³/mol. The summed E-state index contributed by atoms with van der Waals surface area (Å²) in [5.41, 5.74) is 1.65. The van der Waals surface area contributed by atoms with Crippen molar-refractivity contribution in [2.24, 2.45) is 10.9 Å². The lowest BCUT2D eigenvalue weighted by molar-refractivity contribution is -0.137. The Kier molecular flexibility index (Phi) is 6.54. The molecule has 1 fully saturated rings. The monoisotopic (exact) mass is 470 g/mol. The Morgan fingerprint density at radius 2 is 1.79 bits per heavy atom. The highest BCUT2D eigenvalue weighted by Crippen LogP contribution is 2.29. The first-order valence-corrected chi connectivity index (χ1v) is 11.2. The van der Waals surface area contributed by atoms with Crippen molar-refractivity contribution in [2.75, 3.05) is 25.5 Å². The number of halogens is 3. The van der Waals surface area contributed by atoms with E-state index in [2.05, 4.69) is 24.5 Å². The smallest absolute Gasteiger partial charge is 0.367 e. The summed E-state index contributed by atoms with van der Waals surface area (Å²) in [6.07, 6.45) is -4.36. The van der Waals surface area contributed by atoms with Gasteiger partial charge in [-0.25, -0.2) is 4.99 Å². The molecular formula is C25H29F3N6. The first-order chi connectivity index (χ1) is 16.1. The Labute approximate surface area is 197 Å². The van der Waals surface area contributed by atoms with E-state index in [1.165, 1.54) is 12.1 Å². The molecule has 2 aromatic rings. The molecule has 2 aliphatic heterocycles. The number of hydrogen-bond donors (Lipinski definition) is 3. The molecule has 1 saturated heterocycles. The first-order valence-electron chi connectivity index (χ1n) is 11.2. The molecule has 0 aliphatic carbocycles. The highest BCUT2D eigenvalue weighted by atomic mass is 19.4. The van der Waals surface area contributed by atoms with Crippen molar-refractivity contribution in [1.29, 1.82) is 5.41 Å². The predicted octanol–water partition coefficient (Wildman–Crippen LogP) is 4.74. The molecule has 0 bridgehead atoms. The second kappa shape index (κ2) is 9.40. The number of guanidine groups is 1. The molecule has 9 heteroatoms. The fraction of sp³-hybridized carbons (Fsp3) is 0.360. The molecule has 0 saturated carbocycles. The van der Waals surface area contributed by atoms with E-state index in [1.807, 2.05) is 47.2 Å². The summed E-state index contributed by atoms with van der Waals surface area (Å²) in [6, 6.07) is 14.8. The Hall–Kier alpha value is -3.49. The van der Waals surface area contributed by atoms with Crippen molar-refractivity contribution in [3.05, 3.63) is 77.1 Å². The maximum atomic E-state index is 12.9. The molecule has 1 unspecified atom stereocenters. The number of aliphatic imine (C=N–C) groups is 1. The molecule has 3 N–H and O–H groups in total. The van der Waals surface area contributed by atoms with Gasteiger partial charge < -0.3 is 15.5 Å². The number of benzene rings is 2. The highest BCUT2D eigenvalue weighted by Gasteiger charge is 2.38. The van der Waals surface area contributed by atoms with Gasteiger partial charge in [0.1, 0.15) is 11.7 Å². The average Bonchev–Trinajstić information content (AvgIpc) is 3.27. The third-order valence-corrected chi connectivity index (χ3v) is 6.05. The van der Waals surface area contributed by atoms with Crippen molar-refractivity contribution in [1.82, 2.24) is 15.1 Å². The van der Waals surface area contributed by atoms with Gasteiger partial charge in [-0.3, -0.25) is 10.3 Å². The number of rotatable bonds is 6. The number of para-hydroxylation sites is 1. The zero-order valence-electron chi connectivity index (χ0n) is 19.4. The normalized spacial score (nSPS) is 19.8. The summed E-state index contributed by atoms with van der Waals surface area (Å²) < 4.78 is 38.7. The van der Waals surface area contributed by atoms with E-state index in [4.69, 9.17) is 10.4 Å². The summed E-state index contributed by atoms with van der Waals surface area (Å²) >= 11 is 0. The van der Waals surface area contributed by atoms with Crippen molar-refractivity contribution in [2.45, 2.75) is 32.6 Å². The Morgan fingerprint density at radius 3 is 2.41 bits per heavy atom. The second-order valence-electron chi connectivity index (χ2n) is 8.95. The zero-order chi connectivity index (χ0) is 24.5. The highest BCUT2D eigenvalue weighted by molar-refractivity contribution is 6.11. The lowest BCUT2D eigenvalue weighted by Crippen LogP contribution is -2.52. The van der Waals surface area contributed by atoms with E-state index in [1.54, 1.807) is 0 Å². The van der Waals surface area contributed by atoms with Crippen LogP contribution in [0.3, 0.4) is 0 Å². The number of anilines is 1. The fourth-order valence-electron chi connectivity index (χ4n) is 4.02. The van der Waals surface area contributed by atoms with Crippen LogP contribution < -0.4 is 10.6 Å². The third-order valence-electron chi connectivity index (χ3n) is 6.05. The fourth-order valence-corrected chi connectivity index (χ4v) is 4.02. The van der Waals surface area contributed by atoms with E-state index < -0.39 is 11.7 Å². The van der Waals surface area contributed by atoms with Gasteiger partial charge in [0.05, 0.1) is 30.3 Å². The Morgan fingerprint density at radius 1 is 1.12 bits per heavy atom. The number of fused-ring (bicyclic) bond motifs is 1. The molecule has 0 spiro atoms. The van der Waals surface area contributed by atoms with Crippen LogP contribution >= 0.6 is 0 Å². The summed E-state index contributed by atoms with van der Waals surface area (Å²) in [5.74, 6) is 2.19. The van der Waals surface area contributed by atoms with Crippen LogP contribution in [0.2, 0.25) is 0 Å². The summed E-state index contributed by atoms with van der Waals surface area (Å²) in [6.45, 7) is 5.69. The molecule has 4 rings (SSSR count).